The molecule has 0 bridgehead atoms. The molecule has 35 heavy (non-hydrogen) atoms. The van der Waals surface area contributed by atoms with E-state index >= 15 is 0 Å². The number of fused-ring (bicyclic) bond motifs is 1. The van der Waals surface area contributed by atoms with E-state index in [2.05, 4.69) is 15.5 Å². The normalized spacial score (nSPS) is 11.2. The summed E-state index contributed by atoms with van der Waals surface area (Å²) in [7, 11) is 1.90. The van der Waals surface area contributed by atoms with Crippen molar-refractivity contribution in [2.75, 3.05) is 5.32 Å². The van der Waals surface area contributed by atoms with Crippen molar-refractivity contribution in [3.8, 4) is 11.3 Å². The van der Waals surface area contributed by atoms with Gasteiger partial charge in [0.1, 0.15) is 0 Å². The molecule has 3 heterocycles. The molecule has 176 valence electrons. The monoisotopic (exact) mass is 504 g/mol. The van der Waals surface area contributed by atoms with Gasteiger partial charge in [0.2, 0.25) is 0 Å². The minimum atomic E-state index is -0.238. The second kappa shape index (κ2) is 9.17. The minimum absolute atomic E-state index is 0.238. The lowest BCUT2D eigenvalue weighted by molar-refractivity contribution is 0.102. The fourth-order valence-electron chi connectivity index (χ4n) is 4.17. The zero-order chi connectivity index (χ0) is 24.7. The molecule has 9 heteroatoms. The van der Waals surface area contributed by atoms with Gasteiger partial charge in [0.25, 0.3) is 5.91 Å². The number of aromatic nitrogens is 5. The molecule has 0 radical (unpaired) electrons. The average molecular weight is 505 g/mol. The molecule has 3 aromatic heterocycles. The number of hydrogen-bond acceptors (Lipinski definition) is 4. The summed E-state index contributed by atoms with van der Waals surface area (Å²) in [6.07, 6.45) is 3.40. The highest BCUT2D eigenvalue weighted by Crippen LogP contribution is 2.30. The maximum Gasteiger partial charge on any atom is 0.256 e. The molecule has 5 rings (SSSR count). The lowest BCUT2D eigenvalue weighted by Gasteiger charge is -2.10. The smallest absolute Gasteiger partial charge is 0.256 e. The Hall–Kier alpha value is -3.68. The summed E-state index contributed by atoms with van der Waals surface area (Å²) in [5.74, 6) is -0.238. The van der Waals surface area contributed by atoms with Gasteiger partial charge in [0.05, 0.1) is 50.9 Å². The first-order chi connectivity index (χ1) is 16.8. The van der Waals surface area contributed by atoms with Crippen LogP contribution in [0.1, 0.15) is 27.3 Å². The van der Waals surface area contributed by atoms with E-state index in [1.807, 2.05) is 62.0 Å². The number of carbonyl (C=O) groups is 1. The van der Waals surface area contributed by atoms with E-state index in [1.165, 1.54) is 0 Å². The fraction of sp³-hybridized carbons (Fsp3) is 0.154. The SMILES string of the molecule is Cc1nn(C)c(C)c1-c1cc(C(=O)Nc2cnn(Cc3ccc(Cl)c(Cl)c3)c2)c2ccccc2n1. The van der Waals surface area contributed by atoms with E-state index < -0.39 is 0 Å². The fourth-order valence-corrected chi connectivity index (χ4v) is 4.49. The van der Waals surface area contributed by atoms with E-state index in [0.29, 0.717) is 33.5 Å². The quantitative estimate of drug-likeness (QED) is 0.315. The summed E-state index contributed by atoms with van der Waals surface area (Å²) in [6, 6.07) is 14.9. The number of pyridine rings is 1. The Balaban J connectivity index is 1.46. The Labute approximate surface area is 212 Å². The molecule has 1 amide bonds. The van der Waals surface area contributed by atoms with Crippen LogP contribution in [0.5, 0.6) is 0 Å². The molecule has 0 atom stereocenters. The van der Waals surface area contributed by atoms with E-state index in [9.17, 15) is 4.79 Å². The van der Waals surface area contributed by atoms with E-state index in [4.69, 9.17) is 28.2 Å². The van der Waals surface area contributed by atoms with Crippen molar-refractivity contribution < 1.29 is 4.79 Å². The highest BCUT2D eigenvalue weighted by atomic mass is 35.5. The van der Waals surface area contributed by atoms with Gasteiger partial charge in [-0.05, 0) is 43.7 Å². The van der Waals surface area contributed by atoms with Crippen LogP contribution >= 0.6 is 23.2 Å². The van der Waals surface area contributed by atoms with Gasteiger partial charge < -0.3 is 5.32 Å². The molecule has 2 aromatic carbocycles. The Bertz CT molecular complexity index is 1590. The second-order valence-corrected chi connectivity index (χ2v) is 9.19. The Morgan fingerprint density at radius 1 is 1.06 bits per heavy atom. The maximum absolute atomic E-state index is 13.4. The molecule has 0 aliphatic carbocycles. The number of nitrogens with zero attached hydrogens (tertiary/aromatic N) is 5. The van der Waals surface area contributed by atoms with Crippen molar-refractivity contribution in [1.82, 2.24) is 24.5 Å². The van der Waals surface area contributed by atoms with Gasteiger partial charge in [0, 0.05) is 29.9 Å². The predicted octanol–water partition coefficient (Wildman–Crippen LogP) is 6.06. The Kier molecular flexibility index (Phi) is 6.05. The molecule has 0 unspecified atom stereocenters. The van der Waals surface area contributed by atoms with Crippen molar-refractivity contribution >= 4 is 45.7 Å². The van der Waals surface area contributed by atoms with Crippen LogP contribution in [0.15, 0.2) is 60.9 Å². The second-order valence-electron chi connectivity index (χ2n) is 8.37. The molecule has 0 fully saturated rings. The summed E-state index contributed by atoms with van der Waals surface area (Å²) in [5.41, 5.74) is 6.31. The summed E-state index contributed by atoms with van der Waals surface area (Å²) in [5, 5.41) is 13.6. The van der Waals surface area contributed by atoms with Gasteiger partial charge in [-0.25, -0.2) is 4.98 Å². The van der Waals surface area contributed by atoms with Gasteiger partial charge in [-0.2, -0.15) is 10.2 Å². The van der Waals surface area contributed by atoms with Crippen LogP contribution in [0.4, 0.5) is 5.69 Å². The topological polar surface area (TPSA) is 77.6 Å². The lowest BCUT2D eigenvalue weighted by atomic mass is 10.0. The molecule has 0 spiro atoms. The van der Waals surface area contributed by atoms with Crippen molar-refractivity contribution in [3.05, 3.63) is 93.5 Å². The third-order valence-electron chi connectivity index (χ3n) is 5.95. The van der Waals surface area contributed by atoms with E-state index in [-0.39, 0.29) is 5.91 Å². The van der Waals surface area contributed by atoms with Gasteiger partial charge in [-0.15, -0.1) is 0 Å². The molecule has 0 aliphatic heterocycles. The maximum atomic E-state index is 13.4. The van der Waals surface area contributed by atoms with Crippen molar-refractivity contribution in [2.24, 2.45) is 7.05 Å². The largest absolute Gasteiger partial charge is 0.319 e. The van der Waals surface area contributed by atoms with E-state index in [0.717, 1.165) is 33.4 Å². The molecule has 0 saturated heterocycles. The molecule has 1 N–H and O–H groups in total. The average Bonchev–Trinajstić information content (AvgIpc) is 3.37. The Morgan fingerprint density at radius 3 is 2.60 bits per heavy atom. The molecule has 0 saturated carbocycles. The predicted molar refractivity (Wildman–Crippen MR) is 139 cm³/mol. The Morgan fingerprint density at radius 2 is 1.86 bits per heavy atom. The van der Waals surface area contributed by atoms with Gasteiger partial charge in [-0.1, -0.05) is 47.5 Å². The molecule has 5 aromatic rings. The molecular formula is C26H22Cl2N6O. The number of hydrogen-bond donors (Lipinski definition) is 1. The van der Waals surface area contributed by atoms with Gasteiger partial charge in [0.15, 0.2) is 0 Å². The standard InChI is InChI=1S/C26H22Cl2N6O/c1-15-25(16(2)33(3)32-15)24-11-20(19-6-4-5-7-23(19)31-24)26(35)30-18-12-29-34(14-18)13-17-8-9-21(27)22(28)10-17/h4-12,14H,13H2,1-3H3,(H,30,35). The van der Waals surface area contributed by atoms with Gasteiger partial charge in [-0.3, -0.25) is 14.2 Å². The van der Waals surface area contributed by atoms with Crippen LogP contribution in [-0.4, -0.2) is 30.5 Å². The minimum Gasteiger partial charge on any atom is -0.319 e. The van der Waals surface area contributed by atoms with Crippen molar-refractivity contribution in [2.45, 2.75) is 20.4 Å². The number of anilines is 1. The number of aryl methyl sites for hydroxylation is 2. The third-order valence-corrected chi connectivity index (χ3v) is 6.68. The summed E-state index contributed by atoms with van der Waals surface area (Å²) < 4.78 is 3.55. The van der Waals surface area contributed by atoms with Crippen LogP contribution in [0.3, 0.4) is 0 Å². The number of halogens is 2. The van der Waals surface area contributed by atoms with Crippen LogP contribution < -0.4 is 5.32 Å². The number of rotatable bonds is 5. The summed E-state index contributed by atoms with van der Waals surface area (Å²) >= 11 is 12.1. The molecule has 0 aliphatic rings. The van der Waals surface area contributed by atoms with Crippen LogP contribution in [-0.2, 0) is 13.6 Å². The number of nitrogens with one attached hydrogen (secondary N) is 1. The first-order valence-electron chi connectivity index (χ1n) is 11.0. The van der Waals surface area contributed by atoms with Crippen LogP contribution in [0.25, 0.3) is 22.2 Å². The van der Waals surface area contributed by atoms with Crippen LogP contribution in [0.2, 0.25) is 10.0 Å². The molecular weight excluding hydrogens is 483 g/mol. The zero-order valence-corrected chi connectivity index (χ0v) is 20.9. The highest BCUT2D eigenvalue weighted by molar-refractivity contribution is 6.42. The number of amides is 1. The van der Waals surface area contributed by atoms with E-state index in [1.54, 1.807) is 29.2 Å². The summed E-state index contributed by atoms with van der Waals surface area (Å²) in [4.78, 5) is 18.2. The number of benzene rings is 2. The number of carbonyl (C=O) groups excluding carboxylic acids is 1. The zero-order valence-electron chi connectivity index (χ0n) is 19.4. The van der Waals surface area contributed by atoms with Gasteiger partial charge >= 0.3 is 0 Å². The number of para-hydroxylation sites is 1. The highest BCUT2D eigenvalue weighted by Gasteiger charge is 2.19. The summed E-state index contributed by atoms with van der Waals surface area (Å²) in [6.45, 7) is 4.43. The third kappa shape index (κ3) is 4.52. The van der Waals surface area contributed by atoms with Crippen LogP contribution in [0, 0.1) is 13.8 Å². The molecule has 7 nitrogen and oxygen atoms in total. The van der Waals surface area contributed by atoms with Crippen molar-refractivity contribution in [1.29, 1.82) is 0 Å². The lowest BCUT2D eigenvalue weighted by Crippen LogP contribution is -2.13. The first kappa shape index (κ1) is 23.1. The first-order valence-corrected chi connectivity index (χ1v) is 11.7. The van der Waals surface area contributed by atoms with Crippen molar-refractivity contribution in [3.63, 3.8) is 0 Å².